The van der Waals surface area contributed by atoms with Gasteiger partial charge in [0, 0.05) is 24.2 Å². The van der Waals surface area contributed by atoms with E-state index in [-0.39, 0.29) is 23.9 Å². The molecule has 5 nitrogen and oxygen atoms in total. The average molecular weight is 349 g/mol. The molecule has 0 aliphatic carbocycles. The Hall–Kier alpha value is -1.82. The fraction of sp³-hybridized carbons (Fsp3) is 0.632. The Bertz CT molecular complexity index is 625. The van der Waals surface area contributed by atoms with Crippen molar-refractivity contribution in [2.75, 3.05) is 27.2 Å². The minimum Gasteiger partial charge on any atom is -0.496 e. The molecule has 2 aliphatic heterocycles. The maximum absolute atomic E-state index is 13.6. The highest BCUT2D eigenvalue weighted by Crippen LogP contribution is 2.30. The molecular formula is C19H28FN3O2. The van der Waals surface area contributed by atoms with Gasteiger partial charge < -0.3 is 19.9 Å². The molecule has 3 rings (SSSR count). The lowest BCUT2D eigenvalue weighted by Gasteiger charge is -2.34. The molecular weight excluding hydrogens is 321 g/mol. The van der Waals surface area contributed by atoms with Crippen molar-refractivity contribution in [1.82, 2.24) is 15.1 Å². The first-order chi connectivity index (χ1) is 12.0. The zero-order chi connectivity index (χ0) is 18.0. The van der Waals surface area contributed by atoms with Gasteiger partial charge >= 0.3 is 6.03 Å². The van der Waals surface area contributed by atoms with Crippen molar-refractivity contribution < 1.29 is 13.9 Å². The van der Waals surface area contributed by atoms with Crippen LogP contribution in [0.4, 0.5) is 9.18 Å². The van der Waals surface area contributed by atoms with Crippen LogP contribution in [0.1, 0.15) is 44.2 Å². The monoisotopic (exact) mass is 349 g/mol. The molecule has 6 heteroatoms. The van der Waals surface area contributed by atoms with Crippen molar-refractivity contribution in [3.05, 3.63) is 29.6 Å². The topological polar surface area (TPSA) is 44.8 Å². The Labute approximate surface area is 149 Å². The zero-order valence-electron chi connectivity index (χ0n) is 15.3. The van der Waals surface area contributed by atoms with Crippen molar-refractivity contribution in [3.8, 4) is 5.75 Å². The van der Waals surface area contributed by atoms with Crippen LogP contribution in [0.2, 0.25) is 0 Å². The molecule has 0 spiro atoms. The fourth-order valence-corrected chi connectivity index (χ4v) is 4.26. The first-order valence-corrected chi connectivity index (χ1v) is 9.12. The number of rotatable bonds is 4. The molecule has 1 N–H and O–H groups in total. The van der Waals surface area contributed by atoms with Gasteiger partial charge in [-0.2, -0.15) is 0 Å². The third-order valence-corrected chi connectivity index (χ3v) is 5.58. The molecule has 3 atom stereocenters. The van der Waals surface area contributed by atoms with Crippen LogP contribution in [0.25, 0.3) is 0 Å². The molecule has 0 bridgehead atoms. The van der Waals surface area contributed by atoms with Gasteiger partial charge in [0.15, 0.2) is 0 Å². The first kappa shape index (κ1) is 18.0. The van der Waals surface area contributed by atoms with Gasteiger partial charge in [-0.1, -0.05) is 0 Å². The third kappa shape index (κ3) is 3.73. The van der Waals surface area contributed by atoms with Crippen molar-refractivity contribution in [3.63, 3.8) is 0 Å². The molecule has 25 heavy (non-hydrogen) atoms. The van der Waals surface area contributed by atoms with Crippen molar-refractivity contribution in [1.29, 1.82) is 0 Å². The smallest absolute Gasteiger partial charge is 0.318 e. The Balaban J connectivity index is 1.70. The summed E-state index contributed by atoms with van der Waals surface area (Å²) < 4.78 is 18.9. The quantitative estimate of drug-likeness (QED) is 0.908. The molecule has 1 aromatic carbocycles. The van der Waals surface area contributed by atoms with E-state index in [0.29, 0.717) is 17.4 Å². The van der Waals surface area contributed by atoms with Gasteiger partial charge in [-0.25, -0.2) is 9.18 Å². The van der Waals surface area contributed by atoms with E-state index < -0.39 is 0 Å². The lowest BCUT2D eigenvalue weighted by Crippen LogP contribution is -2.50. The molecule has 2 aliphatic rings. The van der Waals surface area contributed by atoms with Crippen LogP contribution in [0, 0.1) is 5.82 Å². The Morgan fingerprint density at radius 3 is 2.68 bits per heavy atom. The van der Waals surface area contributed by atoms with Crippen LogP contribution >= 0.6 is 0 Å². The summed E-state index contributed by atoms with van der Waals surface area (Å²) in [5.74, 6) is 0.256. The molecule has 1 aromatic rings. The Kier molecular flexibility index (Phi) is 5.47. The highest BCUT2D eigenvalue weighted by atomic mass is 19.1. The Morgan fingerprint density at radius 2 is 2.00 bits per heavy atom. The number of hydrogen-bond donors (Lipinski definition) is 1. The SMILES string of the molecule is COc1ccc(F)cc1C(C)NC(=O)N1CCCC1C1CCCN1C. The average Bonchev–Trinajstić information content (AvgIpc) is 3.22. The number of urea groups is 1. The zero-order valence-corrected chi connectivity index (χ0v) is 15.3. The number of hydrogen-bond acceptors (Lipinski definition) is 3. The standard InChI is InChI=1S/C19H28FN3O2/c1-13(15-12-14(20)8-9-18(15)25-3)21-19(24)23-11-5-7-17(23)16-6-4-10-22(16)2/h8-9,12-13,16-17H,4-7,10-11H2,1-3H3,(H,21,24). The molecule has 3 unspecified atom stereocenters. The lowest BCUT2D eigenvalue weighted by molar-refractivity contribution is 0.151. The summed E-state index contributed by atoms with van der Waals surface area (Å²) in [7, 11) is 3.70. The van der Waals surface area contributed by atoms with Gasteiger partial charge in [-0.15, -0.1) is 0 Å². The lowest BCUT2D eigenvalue weighted by atomic mass is 10.0. The van der Waals surface area contributed by atoms with Crippen LogP contribution in [0.15, 0.2) is 18.2 Å². The molecule has 2 amide bonds. The second-order valence-electron chi connectivity index (χ2n) is 7.15. The summed E-state index contributed by atoms with van der Waals surface area (Å²) >= 11 is 0. The normalized spacial score (nSPS) is 25.2. The highest BCUT2D eigenvalue weighted by Gasteiger charge is 2.38. The van der Waals surface area contributed by atoms with Crippen molar-refractivity contribution in [2.24, 2.45) is 0 Å². The number of likely N-dealkylation sites (N-methyl/N-ethyl adjacent to an activating group) is 1. The van der Waals surface area contributed by atoms with E-state index in [4.69, 9.17) is 4.74 Å². The van der Waals surface area contributed by atoms with Crippen molar-refractivity contribution in [2.45, 2.75) is 50.7 Å². The van der Waals surface area contributed by atoms with E-state index in [2.05, 4.69) is 17.3 Å². The van der Waals surface area contributed by atoms with E-state index in [1.165, 1.54) is 18.6 Å². The predicted octanol–water partition coefficient (Wildman–Crippen LogP) is 3.16. The van der Waals surface area contributed by atoms with Crippen molar-refractivity contribution >= 4 is 6.03 Å². The number of methoxy groups -OCH3 is 1. The minimum absolute atomic E-state index is 0.0679. The summed E-state index contributed by atoms with van der Waals surface area (Å²) in [6.45, 7) is 3.75. The number of nitrogens with zero attached hydrogens (tertiary/aromatic N) is 2. The second-order valence-corrected chi connectivity index (χ2v) is 7.15. The second kappa shape index (κ2) is 7.60. The molecule has 0 aromatic heterocycles. The van der Waals surface area contributed by atoms with Crippen LogP contribution in [-0.2, 0) is 0 Å². The number of nitrogens with one attached hydrogen (secondary N) is 1. The van der Waals surface area contributed by atoms with E-state index in [9.17, 15) is 9.18 Å². The van der Waals surface area contributed by atoms with Gasteiger partial charge in [0.1, 0.15) is 11.6 Å². The number of carbonyl (C=O) groups is 1. The highest BCUT2D eigenvalue weighted by molar-refractivity contribution is 5.75. The maximum Gasteiger partial charge on any atom is 0.318 e. The van der Waals surface area contributed by atoms with E-state index in [1.54, 1.807) is 13.2 Å². The molecule has 2 fully saturated rings. The van der Waals surface area contributed by atoms with Gasteiger partial charge in [-0.3, -0.25) is 0 Å². The van der Waals surface area contributed by atoms with E-state index >= 15 is 0 Å². The number of carbonyl (C=O) groups excluding carboxylic acids is 1. The van der Waals surface area contributed by atoms with Gasteiger partial charge in [-0.05, 0) is 64.4 Å². The number of ether oxygens (including phenoxy) is 1. The Morgan fingerprint density at radius 1 is 1.28 bits per heavy atom. The van der Waals surface area contributed by atoms with E-state index in [1.807, 2.05) is 11.8 Å². The minimum atomic E-state index is -0.330. The van der Waals surface area contributed by atoms with Gasteiger partial charge in [0.25, 0.3) is 0 Å². The summed E-state index contributed by atoms with van der Waals surface area (Å²) in [6.07, 6.45) is 4.45. The van der Waals surface area contributed by atoms with E-state index in [0.717, 1.165) is 32.4 Å². The summed E-state index contributed by atoms with van der Waals surface area (Å²) in [5.41, 5.74) is 0.657. The fourth-order valence-electron chi connectivity index (χ4n) is 4.26. The third-order valence-electron chi connectivity index (χ3n) is 5.58. The molecule has 0 radical (unpaired) electrons. The van der Waals surface area contributed by atoms with Crippen LogP contribution in [-0.4, -0.2) is 55.2 Å². The summed E-state index contributed by atoms with van der Waals surface area (Å²) in [4.78, 5) is 17.2. The first-order valence-electron chi connectivity index (χ1n) is 9.12. The number of amides is 2. The van der Waals surface area contributed by atoms with Crippen LogP contribution < -0.4 is 10.1 Å². The number of halogens is 1. The van der Waals surface area contributed by atoms with Gasteiger partial charge in [0.05, 0.1) is 13.2 Å². The number of likely N-dealkylation sites (tertiary alicyclic amines) is 2. The molecule has 2 heterocycles. The van der Waals surface area contributed by atoms with Gasteiger partial charge in [0.2, 0.25) is 0 Å². The molecule has 138 valence electrons. The molecule has 0 saturated carbocycles. The van der Waals surface area contributed by atoms with Crippen LogP contribution in [0.3, 0.4) is 0 Å². The summed E-state index contributed by atoms with van der Waals surface area (Å²) in [5, 5.41) is 3.03. The maximum atomic E-state index is 13.6. The summed E-state index contributed by atoms with van der Waals surface area (Å²) in [6, 6.07) is 4.72. The number of benzene rings is 1. The predicted molar refractivity (Wildman–Crippen MR) is 95.3 cm³/mol. The van der Waals surface area contributed by atoms with Crippen LogP contribution in [0.5, 0.6) is 5.75 Å². The largest absolute Gasteiger partial charge is 0.496 e. The molecule has 2 saturated heterocycles.